The van der Waals surface area contributed by atoms with Crippen LogP contribution in [0.25, 0.3) is 0 Å². The predicted octanol–water partition coefficient (Wildman–Crippen LogP) is 1.51. The molecule has 1 atom stereocenters. The summed E-state index contributed by atoms with van der Waals surface area (Å²) in [7, 11) is 0. The van der Waals surface area contributed by atoms with Gasteiger partial charge in [0.05, 0.1) is 6.54 Å². The Bertz CT molecular complexity index is 472. The van der Waals surface area contributed by atoms with Crippen LogP contribution in [-0.2, 0) is 16.0 Å². The zero-order valence-corrected chi connectivity index (χ0v) is 11.7. The maximum absolute atomic E-state index is 12.4. The molecule has 1 aromatic heterocycles. The number of piperidine rings is 1. The molecule has 0 aliphatic carbocycles. The summed E-state index contributed by atoms with van der Waals surface area (Å²) >= 11 is 1.70. The molecule has 1 unspecified atom stereocenters. The highest BCUT2D eigenvalue weighted by atomic mass is 32.1. The number of hydrogen-bond donors (Lipinski definition) is 0. The lowest BCUT2D eigenvalue weighted by molar-refractivity contribution is -0.157. The van der Waals surface area contributed by atoms with E-state index in [-0.39, 0.29) is 24.4 Å². The summed E-state index contributed by atoms with van der Waals surface area (Å²) in [6.07, 6.45) is 3.77. The number of hydrogen-bond acceptors (Lipinski definition) is 3. The fourth-order valence-corrected chi connectivity index (χ4v) is 3.62. The van der Waals surface area contributed by atoms with Gasteiger partial charge in [-0.05, 0) is 37.1 Å². The van der Waals surface area contributed by atoms with Gasteiger partial charge in [-0.3, -0.25) is 9.59 Å². The monoisotopic (exact) mass is 278 g/mol. The normalized spacial score (nSPS) is 23.7. The molecular formula is C14H18N2O2S. The summed E-state index contributed by atoms with van der Waals surface area (Å²) in [5, 5.41) is 2.04. The van der Waals surface area contributed by atoms with Crippen LogP contribution in [0.5, 0.6) is 0 Å². The molecule has 2 fully saturated rings. The van der Waals surface area contributed by atoms with Crippen LogP contribution in [0.15, 0.2) is 17.5 Å². The minimum atomic E-state index is -0.182. The van der Waals surface area contributed by atoms with E-state index in [1.165, 1.54) is 4.88 Å². The number of thiophene rings is 1. The summed E-state index contributed by atoms with van der Waals surface area (Å²) in [6, 6.07) is 3.91. The van der Waals surface area contributed by atoms with Gasteiger partial charge in [-0.15, -0.1) is 11.3 Å². The van der Waals surface area contributed by atoms with Crippen LogP contribution in [0.3, 0.4) is 0 Å². The molecule has 2 amide bonds. The highest BCUT2D eigenvalue weighted by Crippen LogP contribution is 2.23. The molecule has 0 saturated carbocycles. The Morgan fingerprint density at radius 1 is 1.32 bits per heavy atom. The molecule has 2 aliphatic heterocycles. The second-order valence-electron chi connectivity index (χ2n) is 5.19. The first-order valence-corrected chi connectivity index (χ1v) is 7.74. The van der Waals surface area contributed by atoms with Gasteiger partial charge in [0, 0.05) is 18.0 Å². The van der Waals surface area contributed by atoms with Gasteiger partial charge in [0.2, 0.25) is 11.8 Å². The van der Waals surface area contributed by atoms with Crippen LogP contribution in [-0.4, -0.2) is 47.3 Å². The van der Waals surface area contributed by atoms with Crippen LogP contribution in [0.1, 0.15) is 24.1 Å². The average molecular weight is 278 g/mol. The van der Waals surface area contributed by atoms with Crippen LogP contribution in [0, 0.1) is 0 Å². The first-order valence-electron chi connectivity index (χ1n) is 6.86. The van der Waals surface area contributed by atoms with Crippen LogP contribution in [0.2, 0.25) is 0 Å². The Hall–Kier alpha value is -1.36. The van der Waals surface area contributed by atoms with Crippen molar-refractivity contribution in [3.8, 4) is 0 Å². The molecule has 0 spiro atoms. The Labute approximate surface area is 117 Å². The third-order valence-corrected chi connectivity index (χ3v) is 4.89. The lowest BCUT2D eigenvalue weighted by Crippen LogP contribution is -2.61. The van der Waals surface area contributed by atoms with Gasteiger partial charge in [-0.1, -0.05) is 6.07 Å². The molecule has 0 bridgehead atoms. The molecule has 2 saturated heterocycles. The van der Waals surface area contributed by atoms with Gasteiger partial charge in [0.25, 0.3) is 0 Å². The zero-order valence-electron chi connectivity index (χ0n) is 10.9. The molecule has 2 aliphatic rings. The lowest BCUT2D eigenvalue weighted by Gasteiger charge is -2.42. The molecule has 0 aromatic carbocycles. The lowest BCUT2D eigenvalue weighted by atomic mass is 9.98. The maximum atomic E-state index is 12.4. The highest BCUT2D eigenvalue weighted by Gasteiger charge is 2.39. The molecule has 5 heteroatoms. The van der Waals surface area contributed by atoms with E-state index in [0.717, 1.165) is 32.2 Å². The van der Waals surface area contributed by atoms with E-state index < -0.39 is 0 Å². The van der Waals surface area contributed by atoms with Crippen molar-refractivity contribution in [3.63, 3.8) is 0 Å². The number of amides is 2. The van der Waals surface area contributed by atoms with Crippen molar-refractivity contribution in [1.29, 1.82) is 0 Å². The molecule has 0 radical (unpaired) electrons. The molecule has 3 heterocycles. The standard InChI is InChI=1S/C14H18N2O2S/c17-13-10-15(8-6-11-4-3-9-19-11)14(18)12-5-1-2-7-16(12)13/h3-4,9,12H,1-2,5-8,10H2. The Balaban J connectivity index is 1.65. The SMILES string of the molecule is O=C1C2CCCCN2C(=O)CN1CCc1cccs1. The number of rotatable bonds is 3. The molecular weight excluding hydrogens is 260 g/mol. The first kappa shape index (κ1) is 12.7. The summed E-state index contributed by atoms with van der Waals surface area (Å²) in [4.78, 5) is 29.3. The van der Waals surface area contributed by atoms with Crippen molar-refractivity contribution in [2.24, 2.45) is 0 Å². The van der Waals surface area contributed by atoms with Crippen LogP contribution < -0.4 is 0 Å². The summed E-state index contributed by atoms with van der Waals surface area (Å²) in [5.41, 5.74) is 0. The number of piperazine rings is 1. The minimum Gasteiger partial charge on any atom is -0.331 e. The maximum Gasteiger partial charge on any atom is 0.245 e. The van der Waals surface area contributed by atoms with Gasteiger partial charge in [-0.25, -0.2) is 0 Å². The summed E-state index contributed by atoms with van der Waals surface area (Å²) in [6.45, 7) is 1.68. The van der Waals surface area contributed by atoms with Crippen LogP contribution in [0.4, 0.5) is 0 Å². The van der Waals surface area contributed by atoms with Crippen molar-refractivity contribution >= 4 is 23.2 Å². The van der Waals surface area contributed by atoms with E-state index in [2.05, 4.69) is 6.07 Å². The second kappa shape index (κ2) is 5.33. The van der Waals surface area contributed by atoms with Gasteiger partial charge in [-0.2, -0.15) is 0 Å². The minimum absolute atomic E-state index is 0.121. The molecule has 1 aromatic rings. The summed E-state index contributed by atoms with van der Waals surface area (Å²) < 4.78 is 0. The van der Waals surface area contributed by atoms with E-state index in [9.17, 15) is 9.59 Å². The predicted molar refractivity (Wildman–Crippen MR) is 74.0 cm³/mol. The van der Waals surface area contributed by atoms with Crippen molar-refractivity contribution in [1.82, 2.24) is 9.80 Å². The van der Waals surface area contributed by atoms with Crippen molar-refractivity contribution in [3.05, 3.63) is 22.4 Å². The molecule has 0 N–H and O–H groups in total. The highest BCUT2D eigenvalue weighted by molar-refractivity contribution is 7.09. The molecule has 102 valence electrons. The topological polar surface area (TPSA) is 40.6 Å². The zero-order chi connectivity index (χ0) is 13.2. The van der Waals surface area contributed by atoms with E-state index in [4.69, 9.17) is 0 Å². The number of carbonyl (C=O) groups excluding carboxylic acids is 2. The Morgan fingerprint density at radius 2 is 2.21 bits per heavy atom. The largest absolute Gasteiger partial charge is 0.331 e. The summed E-state index contributed by atoms with van der Waals surface area (Å²) in [5.74, 6) is 0.270. The number of nitrogens with zero attached hydrogens (tertiary/aromatic N) is 2. The fourth-order valence-electron chi connectivity index (χ4n) is 2.92. The van der Waals surface area contributed by atoms with E-state index in [1.54, 1.807) is 21.1 Å². The van der Waals surface area contributed by atoms with Crippen molar-refractivity contribution < 1.29 is 9.59 Å². The van der Waals surface area contributed by atoms with E-state index in [0.29, 0.717) is 6.54 Å². The first-order chi connectivity index (χ1) is 9.25. The van der Waals surface area contributed by atoms with Crippen molar-refractivity contribution in [2.75, 3.05) is 19.6 Å². The smallest absolute Gasteiger partial charge is 0.245 e. The van der Waals surface area contributed by atoms with Gasteiger partial charge < -0.3 is 9.80 Å². The second-order valence-corrected chi connectivity index (χ2v) is 6.22. The molecule has 3 rings (SSSR count). The van der Waals surface area contributed by atoms with Gasteiger partial charge in [0.15, 0.2) is 0 Å². The third-order valence-electron chi connectivity index (χ3n) is 3.95. The van der Waals surface area contributed by atoms with Crippen LogP contribution >= 0.6 is 11.3 Å². The number of carbonyl (C=O) groups is 2. The van der Waals surface area contributed by atoms with Gasteiger partial charge >= 0.3 is 0 Å². The molecule has 4 nitrogen and oxygen atoms in total. The van der Waals surface area contributed by atoms with Crippen molar-refractivity contribution in [2.45, 2.75) is 31.7 Å². The van der Waals surface area contributed by atoms with E-state index >= 15 is 0 Å². The Morgan fingerprint density at radius 3 is 3.00 bits per heavy atom. The Kier molecular flexibility index (Phi) is 3.55. The molecule has 19 heavy (non-hydrogen) atoms. The quantitative estimate of drug-likeness (QED) is 0.841. The number of fused-ring (bicyclic) bond motifs is 1. The van der Waals surface area contributed by atoms with E-state index in [1.807, 2.05) is 11.4 Å². The average Bonchev–Trinajstić information content (AvgIpc) is 2.95. The van der Waals surface area contributed by atoms with Gasteiger partial charge in [0.1, 0.15) is 6.04 Å². The third kappa shape index (κ3) is 2.52. The fraction of sp³-hybridized carbons (Fsp3) is 0.571.